The Morgan fingerprint density at radius 1 is 1.00 bits per heavy atom. The van der Waals surface area contributed by atoms with Gasteiger partial charge in [0, 0.05) is 12.0 Å². The number of Topliss-reactive ketones (excluding diaryl/α,β-unsaturated/α-hetero) is 1. The number of hydrogen-bond donors (Lipinski definition) is 2. The van der Waals surface area contributed by atoms with E-state index in [0.29, 0.717) is 48.9 Å². The summed E-state index contributed by atoms with van der Waals surface area (Å²) in [5.74, 6) is 0.572. The molecule has 3 aromatic rings. The molecule has 2 atom stereocenters. The van der Waals surface area contributed by atoms with Crippen molar-refractivity contribution >= 4 is 17.4 Å². The largest absolute Gasteiger partial charge is 0.507 e. The molecule has 3 heterocycles. The molecule has 0 spiro atoms. The lowest BCUT2D eigenvalue weighted by molar-refractivity contribution is -0.907. The summed E-state index contributed by atoms with van der Waals surface area (Å²) in [6, 6.07) is 21.5. The summed E-state index contributed by atoms with van der Waals surface area (Å²) >= 11 is 0. The van der Waals surface area contributed by atoms with E-state index >= 15 is 0 Å². The van der Waals surface area contributed by atoms with E-state index in [1.165, 1.54) is 4.90 Å². The number of amides is 1. The Labute approximate surface area is 233 Å². The predicted octanol–water partition coefficient (Wildman–Crippen LogP) is 3.14. The van der Waals surface area contributed by atoms with Gasteiger partial charge in [0.25, 0.3) is 11.7 Å². The number of hydrogen-bond acceptors (Lipinski definition) is 6. The molecule has 0 aromatic heterocycles. The average molecular weight is 542 g/mol. The predicted molar refractivity (Wildman–Crippen MR) is 149 cm³/mol. The summed E-state index contributed by atoms with van der Waals surface area (Å²) in [5, 5.41) is 11.6. The number of nitrogens with zero attached hydrogens (tertiary/aromatic N) is 1. The van der Waals surface area contributed by atoms with Crippen LogP contribution in [0.1, 0.15) is 29.7 Å². The van der Waals surface area contributed by atoms with Crippen LogP contribution in [0.25, 0.3) is 5.76 Å². The molecule has 206 valence electrons. The lowest BCUT2D eigenvalue weighted by Gasteiger charge is -2.29. The fourth-order valence-electron chi connectivity index (χ4n) is 5.74. The van der Waals surface area contributed by atoms with Crippen LogP contribution < -0.4 is 14.4 Å². The van der Waals surface area contributed by atoms with Gasteiger partial charge in [0.2, 0.25) is 0 Å². The van der Waals surface area contributed by atoms with Gasteiger partial charge >= 0.3 is 0 Å². The number of fused-ring (bicyclic) bond motifs is 1. The monoisotopic (exact) mass is 541 g/mol. The molecule has 0 unspecified atom stereocenters. The molecule has 0 bridgehead atoms. The Balaban J connectivity index is 1.38. The van der Waals surface area contributed by atoms with Crippen molar-refractivity contribution < 1.29 is 33.8 Å². The topological polar surface area (TPSA) is 89.7 Å². The third-order valence-electron chi connectivity index (χ3n) is 7.77. The summed E-state index contributed by atoms with van der Waals surface area (Å²) in [6.45, 7) is 6.11. The summed E-state index contributed by atoms with van der Waals surface area (Å²) in [5.41, 5.74) is 2.25. The van der Waals surface area contributed by atoms with E-state index < -0.39 is 17.7 Å². The molecule has 3 aromatic carbocycles. The first-order chi connectivity index (χ1) is 19.5. The molecule has 3 aliphatic heterocycles. The second kappa shape index (κ2) is 11.2. The van der Waals surface area contributed by atoms with Crippen molar-refractivity contribution in [1.29, 1.82) is 0 Å². The first-order valence-electron chi connectivity index (χ1n) is 13.8. The quantitative estimate of drug-likeness (QED) is 0.272. The molecule has 40 heavy (non-hydrogen) atoms. The minimum Gasteiger partial charge on any atom is -0.507 e. The number of benzene rings is 3. The SMILES string of the molecule is C[C@@H]1Cc2cc(C(O)=C3C(=O)C(=O)N(CC[NH+]4CCOCC4)[C@H]3c3cccc(Oc4ccccc4)c3)ccc2O1. The fraction of sp³-hybridized carbons (Fsp3) is 0.312. The van der Waals surface area contributed by atoms with E-state index in [4.69, 9.17) is 14.2 Å². The molecule has 1 amide bonds. The van der Waals surface area contributed by atoms with Gasteiger partial charge in [-0.1, -0.05) is 30.3 Å². The van der Waals surface area contributed by atoms with Crippen LogP contribution in [0.2, 0.25) is 0 Å². The van der Waals surface area contributed by atoms with Crippen molar-refractivity contribution in [2.75, 3.05) is 39.4 Å². The molecule has 0 saturated carbocycles. The highest BCUT2D eigenvalue weighted by molar-refractivity contribution is 6.46. The standard InChI is InChI=1S/C32H32N2O6/c1-21-18-24-19-23(10-11-27(24)39-21)30(35)28-29(22-6-5-9-26(20-22)40-25-7-3-2-4-8-25)34(32(37)31(28)36)13-12-33-14-16-38-17-15-33/h2-11,19-21,29,35H,12-18H2,1H3/p+1/t21-,29+/m1/s1. The van der Waals surface area contributed by atoms with Gasteiger partial charge in [0.05, 0.1) is 37.9 Å². The maximum atomic E-state index is 13.5. The number of aliphatic hydroxyl groups is 1. The summed E-state index contributed by atoms with van der Waals surface area (Å²) in [4.78, 5) is 29.9. The van der Waals surface area contributed by atoms with E-state index in [9.17, 15) is 14.7 Å². The molecule has 2 fully saturated rings. The number of likely N-dealkylation sites (tertiary alicyclic amines) is 1. The van der Waals surface area contributed by atoms with Crippen LogP contribution in [-0.2, 0) is 20.7 Å². The van der Waals surface area contributed by atoms with Crippen molar-refractivity contribution in [3.63, 3.8) is 0 Å². The zero-order chi connectivity index (χ0) is 27.6. The minimum absolute atomic E-state index is 0.0491. The first kappa shape index (κ1) is 26.1. The number of aliphatic hydroxyl groups excluding tert-OH is 1. The molecule has 2 saturated heterocycles. The van der Waals surface area contributed by atoms with Gasteiger partial charge in [-0.2, -0.15) is 0 Å². The van der Waals surface area contributed by atoms with Crippen molar-refractivity contribution in [2.45, 2.75) is 25.5 Å². The number of quaternary nitrogens is 1. The first-order valence-corrected chi connectivity index (χ1v) is 13.8. The number of carbonyl (C=O) groups excluding carboxylic acids is 2. The number of para-hydroxylation sites is 1. The van der Waals surface area contributed by atoms with Crippen molar-refractivity contribution in [1.82, 2.24) is 4.90 Å². The Morgan fingerprint density at radius 3 is 2.58 bits per heavy atom. The van der Waals surface area contributed by atoms with Gasteiger partial charge in [0.1, 0.15) is 42.2 Å². The molecule has 8 nitrogen and oxygen atoms in total. The number of ketones is 1. The zero-order valence-corrected chi connectivity index (χ0v) is 22.5. The highest BCUT2D eigenvalue weighted by atomic mass is 16.5. The van der Waals surface area contributed by atoms with Crippen LogP contribution in [0.5, 0.6) is 17.2 Å². The van der Waals surface area contributed by atoms with Crippen LogP contribution >= 0.6 is 0 Å². The number of rotatable bonds is 7. The van der Waals surface area contributed by atoms with Crippen LogP contribution in [-0.4, -0.2) is 67.2 Å². The van der Waals surface area contributed by atoms with Gasteiger partial charge in [0.15, 0.2) is 0 Å². The van der Waals surface area contributed by atoms with E-state index in [-0.39, 0.29) is 17.4 Å². The van der Waals surface area contributed by atoms with Crippen molar-refractivity contribution in [3.05, 3.63) is 95.1 Å². The number of morpholine rings is 1. The third kappa shape index (κ3) is 5.20. The van der Waals surface area contributed by atoms with Gasteiger partial charge in [-0.05, 0) is 60.5 Å². The van der Waals surface area contributed by atoms with Crippen molar-refractivity contribution in [3.8, 4) is 17.2 Å². The van der Waals surface area contributed by atoms with Gasteiger partial charge in [-0.3, -0.25) is 9.59 Å². The molecule has 6 rings (SSSR count). The second-order valence-corrected chi connectivity index (χ2v) is 10.5. The molecular formula is C32H33N2O6+. The molecule has 2 N–H and O–H groups in total. The number of carbonyl (C=O) groups is 2. The van der Waals surface area contributed by atoms with Gasteiger partial charge < -0.3 is 29.1 Å². The fourth-order valence-corrected chi connectivity index (χ4v) is 5.74. The van der Waals surface area contributed by atoms with E-state index in [1.807, 2.05) is 73.7 Å². The molecule has 3 aliphatic rings. The number of ether oxygens (including phenoxy) is 3. The van der Waals surface area contributed by atoms with E-state index in [2.05, 4.69) is 0 Å². The second-order valence-electron chi connectivity index (χ2n) is 10.5. The highest BCUT2D eigenvalue weighted by Crippen LogP contribution is 2.41. The van der Waals surface area contributed by atoms with Gasteiger partial charge in [-0.25, -0.2) is 0 Å². The van der Waals surface area contributed by atoms with Crippen LogP contribution in [0.15, 0.2) is 78.4 Å². The molecule has 0 aliphatic carbocycles. The Bertz CT molecular complexity index is 1450. The highest BCUT2D eigenvalue weighted by Gasteiger charge is 2.46. The Morgan fingerprint density at radius 2 is 1.77 bits per heavy atom. The van der Waals surface area contributed by atoms with E-state index in [0.717, 1.165) is 30.8 Å². The molecule has 0 radical (unpaired) electrons. The van der Waals surface area contributed by atoms with E-state index in [1.54, 1.807) is 11.0 Å². The lowest BCUT2D eigenvalue weighted by atomic mass is 9.94. The maximum absolute atomic E-state index is 13.5. The van der Waals surface area contributed by atoms with Crippen LogP contribution in [0.3, 0.4) is 0 Å². The molecule has 8 heteroatoms. The normalized spacial score (nSPS) is 22.3. The third-order valence-corrected chi connectivity index (χ3v) is 7.77. The Hall–Kier alpha value is -4.14. The molecular weight excluding hydrogens is 508 g/mol. The smallest absolute Gasteiger partial charge is 0.295 e. The maximum Gasteiger partial charge on any atom is 0.295 e. The Kier molecular flexibility index (Phi) is 7.28. The lowest BCUT2D eigenvalue weighted by Crippen LogP contribution is -3.14. The summed E-state index contributed by atoms with van der Waals surface area (Å²) in [7, 11) is 0. The van der Waals surface area contributed by atoms with Crippen molar-refractivity contribution in [2.24, 2.45) is 0 Å². The summed E-state index contributed by atoms with van der Waals surface area (Å²) < 4.78 is 17.4. The van der Waals surface area contributed by atoms with Gasteiger partial charge in [-0.15, -0.1) is 0 Å². The number of nitrogens with one attached hydrogen (secondary N) is 1. The average Bonchev–Trinajstić information content (AvgIpc) is 3.47. The van der Waals surface area contributed by atoms with Crippen LogP contribution in [0, 0.1) is 0 Å². The minimum atomic E-state index is -0.747. The van der Waals surface area contributed by atoms with Crippen LogP contribution in [0.4, 0.5) is 0 Å². The zero-order valence-electron chi connectivity index (χ0n) is 22.5. The summed E-state index contributed by atoms with van der Waals surface area (Å²) in [6.07, 6.45) is 0.767.